The van der Waals surface area contributed by atoms with Crippen LogP contribution in [0.3, 0.4) is 0 Å². The maximum atomic E-state index is 13.1. The van der Waals surface area contributed by atoms with Crippen molar-refractivity contribution in [3.05, 3.63) is 76.5 Å². The molecule has 168 valence electrons. The van der Waals surface area contributed by atoms with Gasteiger partial charge in [0, 0.05) is 23.8 Å². The predicted molar refractivity (Wildman–Crippen MR) is 123 cm³/mol. The SMILES string of the molecule is CC1(C)CC(=O)C(C(=S)Nc2ccc(C(F)(F)F)cc2)=C(NC2Cc3ccccc3C2)C1. The molecule has 2 N–H and O–H groups in total. The van der Waals surface area contributed by atoms with E-state index in [1.54, 1.807) is 0 Å². The molecule has 0 aromatic heterocycles. The maximum absolute atomic E-state index is 13.1. The van der Waals surface area contributed by atoms with Crippen LogP contribution in [0.5, 0.6) is 0 Å². The van der Waals surface area contributed by atoms with Crippen molar-refractivity contribution in [3.8, 4) is 0 Å². The van der Waals surface area contributed by atoms with E-state index >= 15 is 0 Å². The highest BCUT2D eigenvalue weighted by Crippen LogP contribution is 2.37. The topological polar surface area (TPSA) is 41.1 Å². The van der Waals surface area contributed by atoms with E-state index in [2.05, 4.69) is 36.6 Å². The largest absolute Gasteiger partial charge is 0.416 e. The first-order chi connectivity index (χ1) is 15.0. The highest BCUT2D eigenvalue weighted by atomic mass is 32.1. The van der Waals surface area contributed by atoms with Crippen molar-refractivity contribution in [3.63, 3.8) is 0 Å². The monoisotopic (exact) mass is 458 g/mol. The number of carbonyl (C=O) groups is 1. The number of Topliss-reactive ketones (excluding diaryl/α,β-unsaturated/α-hetero) is 1. The zero-order chi connectivity index (χ0) is 23.1. The number of anilines is 1. The Labute approximate surface area is 191 Å². The number of halogens is 3. The number of rotatable bonds is 4. The standard InChI is InChI=1S/C25H25F3N2OS/c1-24(2)13-20(29-19-11-15-5-3-4-6-16(15)12-19)22(21(31)14-24)23(32)30-18-9-7-17(8-10-18)25(26,27)28/h3-10,19,29H,11-14H2,1-2H3,(H,30,32). The third-order valence-corrected chi connectivity index (χ3v) is 6.31. The van der Waals surface area contributed by atoms with Crippen LogP contribution in [0.4, 0.5) is 18.9 Å². The van der Waals surface area contributed by atoms with Crippen molar-refractivity contribution in [2.24, 2.45) is 5.41 Å². The lowest BCUT2D eigenvalue weighted by Crippen LogP contribution is -2.39. The zero-order valence-electron chi connectivity index (χ0n) is 18.0. The van der Waals surface area contributed by atoms with Crippen LogP contribution in [0.1, 0.15) is 43.4 Å². The summed E-state index contributed by atoms with van der Waals surface area (Å²) in [5.74, 6) is -0.0522. The number of ketones is 1. The third-order valence-electron chi connectivity index (χ3n) is 6.00. The quantitative estimate of drug-likeness (QED) is 0.565. The Bertz CT molecular complexity index is 1060. The molecule has 32 heavy (non-hydrogen) atoms. The molecule has 0 atom stereocenters. The number of carbonyl (C=O) groups excluding carboxylic acids is 1. The Morgan fingerprint density at radius 1 is 1.00 bits per heavy atom. The minimum absolute atomic E-state index is 0.0522. The average Bonchev–Trinajstić information content (AvgIpc) is 3.08. The van der Waals surface area contributed by atoms with Crippen LogP contribution >= 0.6 is 12.2 Å². The first kappa shape index (κ1) is 22.5. The predicted octanol–water partition coefficient (Wildman–Crippen LogP) is 5.84. The van der Waals surface area contributed by atoms with Crippen LogP contribution in [0.25, 0.3) is 0 Å². The average molecular weight is 459 g/mol. The van der Waals surface area contributed by atoms with E-state index in [0.717, 1.165) is 30.7 Å². The van der Waals surface area contributed by atoms with E-state index in [4.69, 9.17) is 12.2 Å². The van der Waals surface area contributed by atoms with Crippen LogP contribution in [-0.4, -0.2) is 16.8 Å². The number of fused-ring (bicyclic) bond motifs is 1. The maximum Gasteiger partial charge on any atom is 0.416 e. The Morgan fingerprint density at radius 2 is 1.59 bits per heavy atom. The molecule has 3 nitrogen and oxygen atoms in total. The number of benzene rings is 2. The molecule has 0 amide bonds. The second kappa shape index (κ2) is 8.35. The first-order valence-corrected chi connectivity index (χ1v) is 11.0. The van der Waals surface area contributed by atoms with E-state index in [0.29, 0.717) is 24.1 Å². The molecule has 2 aromatic carbocycles. The molecule has 0 spiro atoms. The van der Waals surface area contributed by atoms with Gasteiger partial charge in [0.25, 0.3) is 0 Å². The van der Waals surface area contributed by atoms with Crippen molar-refractivity contribution in [1.82, 2.24) is 5.32 Å². The first-order valence-electron chi connectivity index (χ1n) is 10.6. The fraction of sp³-hybridized carbons (Fsp3) is 0.360. The Balaban J connectivity index is 1.57. The van der Waals surface area contributed by atoms with Gasteiger partial charge in [0.2, 0.25) is 0 Å². The lowest BCUT2D eigenvalue weighted by atomic mass is 9.75. The fourth-order valence-corrected chi connectivity index (χ4v) is 4.91. The van der Waals surface area contributed by atoms with Crippen LogP contribution < -0.4 is 10.6 Å². The van der Waals surface area contributed by atoms with Crippen LogP contribution in [0.15, 0.2) is 59.8 Å². The molecule has 0 heterocycles. The highest BCUT2D eigenvalue weighted by Gasteiger charge is 2.36. The number of thiocarbonyl (C=S) groups is 1. The van der Waals surface area contributed by atoms with Crippen LogP contribution in [0, 0.1) is 5.41 Å². The molecule has 2 aliphatic rings. The van der Waals surface area contributed by atoms with Crippen molar-refractivity contribution >= 4 is 28.7 Å². The molecule has 0 saturated heterocycles. The van der Waals surface area contributed by atoms with E-state index in [-0.39, 0.29) is 22.2 Å². The van der Waals surface area contributed by atoms with Crippen molar-refractivity contribution in [1.29, 1.82) is 0 Å². The molecule has 2 aliphatic carbocycles. The summed E-state index contributed by atoms with van der Waals surface area (Å²) in [6.07, 6.45) is -1.60. The zero-order valence-corrected chi connectivity index (χ0v) is 18.8. The van der Waals surface area contributed by atoms with E-state index in [1.165, 1.54) is 23.3 Å². The van der Waals surface area contributed by atoms with Gasteiger partial charge in [0.05, 0.1) is 11.1 Å². The van der Waals surface area contributed by atoms with Gasteiger partial charge in [-0.2, -0.15) is 13.2 Å². The van der Waals surface area contributed by atoms with Gasteiger partial charge in [0.15, 0.2) is 5.78 Å². The van der Waals surface area contributed by atoms with Crippen molar-refractivity contribution in [2.75, 3.05) is 5.32 Å². The minimum atomic E-state index is -4.40. The molecule has 7 heteroatoms. The summed E-state index contributed by atoms with van der Waals surface area (Å²) in [5.41, 5.74) is 3.35. The van der Waals surface area contributed by atoms with Crippen LogP contribution in [-0.2, 0) is 23.8 Å². The van der Waals surface area contributed by atoms with Crippen molar-refractivity contribution in [2.45, 2.75) is 51.7 Å². The van der Waals surface area contributed by atoms with E-state index in [1.807, 2.05) is 12.1 Å². The summed E-state index contributed by atoms with van der Waals surface area (Å²) in [4.78, 5) is 13.3. The summed E-state index contributed by atoms with van der Waals surface area (Å²) >= 11 is 5.55. The molecular weight excluding hydrogens is 433 g/mol. The summed E-state index contributed by atoms with van der Waals surface area (Å²) in [6.45, 7) is 4.11. The molecule has 0 fully saturated rings. The highest BCUT2D eigenvalue weighted by molar-refractivity contribution is 7.81. The molecule has 0 radical (unpaired) electrons. The second-order valence-corrected chi connectivity index (χ2v) is 9.75. The summed E-state index contributed by atoms with van der Waals surface area (Å²) in [7, 11) is 0. The van der Waals surface area contributed by atoms with Gasteiger partial charge >= 0.3 is 6.18 Å². The second-order valence-electron chi connectivity index (χ2n) is 9.34. The fourth-order valence-electron chi connectivity index (χ4n) is 4.55. The smallest absolute Gasteiger partial charge is 0.384 e. The number of hydrogen-bond acceptors (Lipinski definition) is 3. The minimum Gasteiger partial charge on any atom is -0.384 e. The Morgan fingerprint density at radius 3 is 2.16 bits per heavy atom. The normalized spacial score (nSPS) is 18.5. The third kappa shape index (κ3) is 4.88. The summed E-state index contributed by atoms with van der Waals surface area (Å²) < 4.78 is 38.5. The molecule has 4 rings (SSSR count). The van der Waals surface area contributed by atoms with Crippen LogP contribution in [0.2, 0.25) is 0 Å². The van der Waals surface area contributed by atoms with Gasteiger partial charge in [-0.05, 0) is 60.1 Å². The molecular formula is C25H25F3N2OS. The van der Waals surface area contributed by atoms with Gasteiger partial charge in [-0.15, -0.1) is 0 Å². The van der Waals surface area contributed by atoms with Crippen molar-refractivity contribution < 1.29 is 18.0 Å². The molecule has 0 unspecified atom stereocenters. The van der Waals surface area contributed by atoms with Gasteiger partial charge in [-0.3, -0.25) is 4.79 Å². The Kier molecular flexibility index (Phi) is 5.88. The van der Waals surface area contributed by atoms with Gasteiger partial charge in [-0.1, -0.05) is 50.3 Å². The lowest BCUT2D eigenvalue weighted by Gasteiger charge is -2.34. The van der Waals surface area contributed by atoms with E-state index < -0.39 is 11.7 Å². The number of alkyl halides is 3. The van der Waals surface area contributed by atoms with E-state index in [9.17, 15) is 18.0 Å². The summed E-state index contributed by atoms with van der Waals surface area (Å²) in [6, 6.07) is 13.1. The summed E-state index contributed by atoms with van der Waals surface area (Å²) in [5, 5.41) is 6.54. The molecule has 0 aliphatic heterocycles. The number of hydrogen-bond donors (Lipinski definition) is 2. The molecule has 0 saturated carbocycles. The lowest BCUT2D eigenvalue weighted by molar-refractivity contribution is -0.137. The van der Waals surface area contributed by atoms with Gasteiger partial charge in [0.1, 0.15) is 4.99 Å². The molecule has 0 bridgehead atoms. The van der Waals surface area contributed by atoms with Gasteiger partial charge < -0.3 is 10.6 Å². The van der Waals surface area contributed by atoms with Gasteiger partial charge in [-0.25, -0.2) is 0 Å². The Hall–Kier alpha value is -2.67. The number of nitrogens with one attached hydrogen (secondary N) is 2. The number of allylic oxidation sites excluding steroid dienone is 1. The molecule has 2 aromatic rings.